The molecule has 4 rings (SSSR count). The molecule has 0 bridgehead atoms. The molecule has 0 aliphatic heterocycles. The second kappa shape index (κ2) is 8.59. The Kier molecular flexibility index (Phi) is 5.90. The van der Waals surface area contributed by atoms with E-state index in [9.17, 15) is 4.79 Å². The number of anilines is 2. The van der Waals surface area contributed by atoms with Gasteiger partial charge in [0, 0.05) is 34.4 Å². The van der Waals surface area contributed by atoms with Gasteiger partial charge < -0.3 is 15.1 Å². The lowest BCUT2D eigenvalue weighted by Crippen LogP contribution is -2.19. The first-order valence-corrected chi connectivity index (χ1v) is 10.6. The second-order valence-electron chi connectivity index (χ2n) is 6.65. The van der Waals surface area contributed by atoms with Gasteiger partial charge in [-0.2, -0.15) is 5.10 Å². The fourth-order valence-electron chi connectivity index (χ4n) is 3.04. The summed E-state index contributed by atoms with van der Waals surface area (Å²) in [5.74, 6) is 0.572. The van der Waals surface area contributed by atoms with Gasteiger partial charge in [-0.05, 0) is 64.4 Å². The standard InChI is InChI=1S/C21H16BrClN4O2S/c1-12-8-19(28)29-18-9-14(6-7-15(12)18)24-21(30)25-20-16(22)11-27(26-20)10-13-4-2-3-5-17(13)23/h2-9,11H,10H2,1H3,(H2,24,25,26,30). The van der Waals surface area contributed by atoms with Crippen molar-refractivity contribution in [1.82, 2.24) is 9.78 Å². The summed E-state index contributed by atoms with van der Waals surface area (Å²) in [6, 6.07) is 14.6. The summed E-state index contributed by atoms with van der Waals surface area (Å²) in [6.45, 7) is 2.40. The number of benzene rings is 2. The Morgan fingerprint density at radius 2 is 2.03 bits per heavy atom. The van der Waals surface area contributed by atoms with E-state index in [1.807, 2.05) is 49.5 Å². The largest absolute Gasteiger partial charge is 0.423 e. The first-order chi connectivity index (χ1) is 14.4. The van der Waals surface area contributed by atoms with Crippen molar-refractivity contribution >= 4 is 67.3 Å². The summed E-state index contributed by atoms with van der Waals surface area (Å²) in [5, 5.41) is 12.6. The van der Waals surface area contributed by atoms with Crippen LogP contribution in [0.1, 0.15) is 11.1 Å². The fraction of sp³-hybridized carbons (Fsp3) is 0.0952. The van der Waals surface area contributed by atoms with Crippen LogP contribution >= 0.6 is 39.7 Å². The van der Waals surface area contributed by atoms with Gasteiger partial charge in [-0.3, -0.25) is 4.68 Å². The van der Waals surface area contributed by atoms with Crippen molar-refractivity contribution in [2.75, 3.05) is 10.6 Å². The number of aryl methyl sites for hydroxylation is 1. The van der Waals surface area contributed by atoms with Crippen LogP contribution in [0, 0.1) is 6.92 Å². The van der Waals surface area contributed by atoms with Gasteiger partial charge in [0.2, 0.25) is 0 Å². The maximum Gasteiger partial charge on any atom is 0.336 e. The highest BCUT2D eigenvalue weighted by Gasteiger charge is 2.11. The molecule has 2 aromatic heterocycles. The summed E-state index contributed by atoms with van der Waals surface area (Å²) in [7, 11) is 0. The number of hydrogen-bond acceptors (Lipinski definition) is 4. The average molecular weight is 504 g/mol. The van der Waals surface area contributed by atoms with E-state index in [-0.39, 0.29) is 5.63 Å². The highest BCUT2D eigenvalue weighted by Crippen LogP contribution is 2.24. The molecule has 30 heavy (non-hydrogen) atoms. The summed E-state index contributed by atoms with van der Waals surface area (Å²) in [4.78, 5) is 11.6. The molecule has 2 N–H and O–H groups in total. The van der Waals surface area contributed by atoms with Crippen molar-refractivity contribution in [2.45, 2.75) is 13.5 Å². The maximum atomic E-state index is 11.6. The van der Waals surface area contributed by atoms with Crippen LogP contribution < -0.4 is 16.3 Å². The van der Waals surface area contributed by atoms with Gasteiger partial charge in [-0.25, -0.2) is 4.79 Å². The van der Waals surface area contributed by atoms with Gasteiger partial charge in [-0.1, -0.05) is 29.8 Å². The van der Waals surface area contributed by atoms with E-state index in [2.05, 4.69) is 31.7 Å². The number of rotatable bonds is 4. The summed E-state index contributed by atoms with van der Waals surface area (Å²) in [6.07, 6.45) is 1.85. The molecule has 4 aromatic rings. The zero-order chi connectivity index (χ0) is 21.3. The predicted octanol–water partition coefficient (Wildman–Crippen LogP) is 5.57. The number of aromatic nitrogens is 2. The zero-order valence-electron chi connectivity index (χ0n) is 15.8. The molecule has 0 fully saturated rings. The molecule has 0 amide bonds. The van der Waals surface area contributed by atoms with Crippen LogP contribution in [0.15, 0.2) is 68.4 Å². The molecular weight excluding hydrogens is 488 g/mol. The third-order valence-corrected chi connectivity index (χ3v) is 5.60. The topological polar surface area (TPSA) is 72.1 Å². The van der Waals surface area contributed by atoms with Gasteiger partial charge in [0.05, 0.1) is 11.0 Å². The smallest absolute Gasteiger partial charge is 0.336 e. The van der Waals surface area contributed by atoms with E-state index in [1.165, 1.54) is 6.07 Å². The minimum Gasteiger partial charge on any atom is -0.423 e. The molecule has 2 aromatic carbocycles. The molecular formula is C21H16BrClN4O2S. The Bertz CT molecular complexity index is 1320. The van der Waals surface area contributed by atoms with Gasteiger partial charge in [0.1, 0.15) is 5.58 Å². The summed E-state index contributed by atoms with van der Waals surface area (Å²) >= 11 is 15.1. The van der Waals surface area contributed by atoms with E-state index < -0.39 is 0 Å². The van der Waals surface area contributed by atoms with E-state index in [0.29, 0.717) is 33.8 Å². The highest BCUT2D eigenvalue weighted by molar-refractivity contribution is 9.10. The highest BCUT2D eigenvalue weighted by atomic mass is 79.9. The molecule has 0 saturated heterocycles. The van der Waals surface area contributed by atoms with Gasteiger partial charge >= 0.3 is 5.63 Å². The maximum absolute atomic E-state index is 11.6. The van der Waals surface area contributed by atoms with E-state index >= 15 is 0 Å². The van der Waals surface area contributed by atoms with E-state index in [1.54, 1.807) is 10.7 Å². The minimum absolute atomic E-state index is 0.355. The van der Waals surface area contributed by atoms with Crippen molar-refractivity contribution < 1.29 is 4.42 Å². The SMILES string of the molecule is Cc1cc(=O)oc2cc(NC(=S)Nc3nn(Cc4ccccc4Cl)cc3Br)ccc12. The Morgan fingerprint density at radius 3 is 2.83 bits per heavy atom. The summed E-state index contributed by atoms with van der Waals surface area (Å²) < 4.78 is 7.81. The molecule has 2 heterocycles. The lowest BCUT2D eigenvalue weighted by atomic mass is 10.1. The molecule has 0 radical (unpaired) electrons. The molecule has 0 aliphatic carbocycles. The minimum atomic E-state index is -0.383. The number of thiocarbonyl (C=S) groups is 1. The first kappa shape index (κ1) is 20.6. The lowest BCUT2D eigenvalue weighted by Gasteiger charge is -2.10. The van der Waals surface area contributed by atoms with Gasteiger partial charge in [0.15, 0.2) is 10.9 Å². The molecule has 0 unspecified atom stereocenters. The van der Waals surface area contributed by atoms with Gasteiger partial charge in [-0.15, -0.1) is 0 Å². The predicted molar refractivity (Wildman–Crippen MR) is 128 cm³/mol. The van der Waals surface area contributed by atoms with Crippen LogP contribution in [0.5, 0.6) is 0 Å². The Labute approximate surface area is 191 Å². The molecule has 0 atom stereocenters. The lowest BCUT2D eigenvalue weighted by molar-refractivity contribution is 0.560. The van der Waals surface area contributed by atoms with Crippen LogP contribution in [-0.2, 0) is 6.54 Å². The number of halogens is 2. The van der Waals surface area contributed by atoms with Crippen molar-refractivity contribution in [3.05, 3.63) is 85.8 Å². The monoisotopic (exact) mass is 502 g/mol. The fourth-order valence-corrected chi connectivity index (χ4v) is 3.86. The Balaban J connectivity index is 1.48. The quantitative estimate of drug-likeness (QED) is 0.280. The molecule has 152 valence electrons. The number of hydrogen-bond donors (Lipinski definition) is 2. The second-order valence-corrected chi connectivity index (χ2v) is 8.32. The number of nitrogens with one attached hydrogen (secondary N) is 2. The molecule has 0 spiro atoms. The van der Waals surface area contributed by atoms with Gasteiger partial charge in [0.25, 0.3) is 0 Å². The van der Waals surface area contributed by atoms with Crippen molar-refractivity contribution in [3.63, 3.8) is 0 Å². The summed E-state index contributed by atoms with van der Waals surface area (Å²) in [5.41, 5.74) is 2.64. The third-order valence-electron chi connectivity index (χ3n) is 4.45. The van der Waals surface area contributed by atoms with E-state index in [0.717, 1.165) is 21.0 Å². The average Bonchev–Trinajstić information content (AvgIpc) is 3.02. The van der Waals surface area contributed by atoms with Crippen LogP contribution in [0.25, 0.3) is 11.0 Å². The van der Waals surface area contributed by atoms with Crippen molar-refractivity contribution in [1.29, 1.82) is 0 Å². The van der Waals surface area contributed by atoms with Crippen LogP contribution in [0.4, 0.5) is 11.5 Å². The Morgan fingerprint density at radius 1 is 1.23 bits per heavy atom. The van der Waals surface area contributed by atoms with Crippen LogP contribution in [-0.4, -0.2) is 14.9 Å². The van der Waals surface area contributed by atoms with Crippen LogP contribution in [0.3, 0.4) is 0 Å². The van der Waals surface area contributed by atoms with E-state index in [4.69, 9.17) is 28.2 Å². The molecule has 9 heteroatoms. The van der Waals surface area contributed by atoms with Crippen molar-refractivity contribution in [2.24, 2.45) is 0 Å². The first-order valence-electron chi connectivity index (χ1n) is 8.98. The number of fused-ring (bicyclic) bond motifs is 1. The number of nitrogens with zero attached hydrogens (tertiary/aromatic N) is 2. The molecule has 0 saturated carbocycles. The van der Waals surface area contributed by atoms with Crippen LogP contribution in [0.2, 0.25) is 5.02 Å². The normalized spacial score (nSPS) is 10.9. The zero-order valence-corrected chi connectivity index (χ0v) is 18.9. The molecule has 6 nitrogen and oxygen atoms in total. The Hall–Kier alpha value is -2.68. The third kappa shape index (κ3) is 4.56. The van der Waals surface area contributed by atoms with Crippen molar-refractivity contribution in [3.8, 4) is 0 Å². The molecule has 0 aliphatic rings.